The van der Waals surface area contributed by atoms with Gasteiger partial charge < -0.3 is 4.84 Å². The number of alkyl halides is 2. The molecule has 0 amide bonds. The Kier molecular flexibility index (Phi) is 3.92. The van der Waals surface area contributed by atoms with Gasteiger partial charge in [-0.2, -0.15) is 0 Å². The second-order valence-corrected chi connectivity index (χ2v) is 5.63. The van der Waals surface area contributed by atoms with Crippen molar-refractivity contribution in [2.24, 2.45) is 5.16 Å². The van der Waals surface area contributed by atoms with E-state index in [1.54, 1.807) is 0 Å². The number of hydrogen-bond acceptors (Lipinski definition) is 2. The van der Waals surface area contributed by atoms with Gasteiger partial charge in [-0.25, -0.2) is 8.78 Å². The summed E-state index contributed by atoms with van der Waals surface area (Å²) in [4.78, 5) is 5.54. The highest BCUT2D eigenvalue weighted by molar-refractivity contribution is 6.01. The van der Waals surface area contributed by atoms with Gasteiger partial charge in [0.1, 0.15) is 0 Å². The molecule has 114 valence electrons. The van der Waals surface area contributed by atoms with Crippen LogP contribution in [-0.2, 0) is 10.4 Å². The van der Waals surface area contributed by atoms with Gasteiger partial charge in [0, 0.05) is 6.42 Å². The molecule has 4 heteroatoms. The zero-order chi connectivity index (χ0) is 15.6. The zero-order valence-electron chi connectivity index (χ0n) is 12.3. The van der Waals surface area contributed by atoms with Crippen molar-refractivity contribution in [2.75, 3.05) is 0 Å². The van der Waals surface area contributed by atoms with E-state index in [2.05, 4.69) is 5.16 Å². The molecular weight excluding hydrogens is 284 g/mol. The Balaban J connectivity index is 1.90. The van der Waals surface area contributed by atoms with Crippen LogP contribution in [-0.4, -0.2) is 12.1 Å². The molecule has 1 unspecified atom stereocenters. The van der Waals surface area contributed by atoms with Crippen molar-refractivity contribution in [3.63, 3.8) is 0 Å². The zero-order valence-corrected chi connectivity index (χ0v) is 12.3. The standard InChI is InChI=1S/C18H17F2NO/c1-13-7-9-14(10-8-13)16-11-18(22-21-16,12-17(19)20)15-5-3-2-4-6-15/h2-10,17H,11-12H2,1H3. The van der Waals surface area contributed by atoms with Gasteiger partial charge in [0.15, 0.2) is 5.60 Å². The molecule has 0 saturated carbocycles. The third kappa shape index (κ3) is 2.86. The molecule has 1 atom stereocenters. The van der Waals surface area contributed by atoms with Crippen molar-refractivity contribution >= 4 is 5.71 Å². The number of hydrogen-bond donors (Lipinski definition) is 0. The summed E-state index contributed by atoms with van der Waals surface area (Å²) in [6, 6.07) is 17.0. The molecule has 0 N–H and O–H groups in total. The first kappa shape index (κ1) is 14.7. The van der Waals surface area contributed by atoms with Gasteiger partial charge in [-0.15, -0.1) is 0 Å². The Bertz CT molecular complexity index is 667. The summed E-state index contributed by atoms with van der Waals surface area (Å²) >= 11 is 0. The van der Waals surface area contributed by atoms with Crippen LogP contribution in [0.4, 0.5) is 8.78 Å². The second kappa shape index (κ2) is 5.87. The third-order valence-electron chi connectivity index (χ3n) is 3.95. The van der Waals surface area contributed by atoms with E-state index in [1.807, 2.05) is 61.5 Å². The van der Waals surface area contributed by atoms with Crippen LogP contribution in [0, 0.1) is 6.92 Å². The van der Waals surface area contributed by atoms with Crippen LogP contribution in [0.15, 0.2) is 59.8 Å². The maximum absolute atomic E-state index is 13.1. The van der Waals surface area contributed by atoms with Gasteiger partial charge in [-0.05, 0) is 18.1 Å². The van der Waals surface area contributed by atoms with Crippen LogP contribution in [0.5, 0.6) is 0 Å². The highest BCUT2D eigenvalue weighted by atomic mass is 19.3. The van der Waals surface area contributed by atoms with E-state index in [9.17, 15) is 8.78 Å². The van der Waals surface area contributed by atoms with Gasteiger partial charge in [0.25, 0.3) is 0 Å². The number of benzene rings is 2. The number of oxime groups is 1. The lowest BCUT2D eigenvalue weighted by Crippen LogP contribution is -2.29. The molecule has 0 bridgehead atoms. The first-order valence-corrected chi connectivity index (χ1v) is 7.25. The molecule has 2 aromatic rings. The Hall–Kier alpha value is -2.23. The molecule has 0 radical (unpaired) electrons. The molecule has 0 saturated heterocycles. The van der Waals surface area contributed by atoms with Crippen LogP contribution in [0.25, 0.3) is 0 Å². The number of nitrogens with zero attached hydrogens (tertiary/aromatic N) is 1. The maximum atomic E-state index is 13.1. The number of aryl methyl sites for hydroxylation is 1. The van der Waals surface area contributed by atoms with Crippen molar-refractivity contribution in [3.8, 4) is 0 Å². The second-order valence-electron chi connectivity index (χ2n) is 5.63. The van der Waals surface area contributed by atoms with E-state index in [1.165, 1.54) is 0 Å². The summed E-state index contributed by atoms with van der Waals surface area (Å²) in [6.07, 6.45) is -2.46. The molecule has 2 aromatic carbocycles. The smallest absolute Gasteiger partial charge is 0.242 e. The first-order chi connectivity index (χ1) is 10.6. The molecule has 22 heavy (non-hydrogen) atoms. The molecule has 3 rings (SSSR count). The average Bonchev–Trinajstić information content (AvgIpc) is 2.93. The van der Waals surface area contributed by atoms with Crippen LogP contribution in [0.1, 0.15) is 29.5 Å². The highest BCUT2D eigenvalue weighted by Gasteiger charge is 2.43. The summed E-state index contributed by atoms with van der Waals surface area (Å²) in [7, 11) is 0. The van der Waals surface area contributed by atoms with Crippen LogP contribution < -0.4 is 0 Å². The van der Waals surface area contributed by atoms with Crippen molar-refractivity contribution in [3.05, 3.63) is 71.3 Å². The van der Waals surface area contributed by atoms with Crippen LogP contribution >= 0.6 is 0 Å². The van der Waals surface area contributed by atoms with Crippen LogP contribution in [0.3, 0.4) is 0 Å². The lowest BCUT2D eigenvalue weighted by atomic mass is 9.84. The fourth-order valence-electron chi connectivity index (χ4n) is 2.75. The lowest BCUT2D eigenvalue weighted by Gasteiger charge is -2.26. The Labute approximate surface area is 128 Å². The Morgan fingerprint density at radius 3 is 2.41 bits per heavy atom. The van der Waals surface area contributed by atoms with Gasteiger partial charge in [-0.1, -0.05) is 65.3 Å². The molecular formula is C18H17F2NO. The normalized spacial score (nSPS) is 20.8. The minimum atomic E-state index is -2.45. The third-order valence-corrected chi connectivity index (χ3v) is 3.95. The largest absolute Gasteiger partial charge is 0.383 e. The fourth-order valence-corrected chi connectivity index (χ4v) is 2.75. The molecule has 0 fully saturated rings. The highest BCUT2D eigenvalue weighted by Crippen LogP contribution is 2.41. The number of rotatable bonds is 4. The minimum absolute atomic E-state index is 0.352. The van der Waals surface area contributed by atoms with Gasteiger partial charge in [0.05, 0.1) is 12.1 Å². The van der Waals surface area contributed by atoms with Crippen molar-refractivity contribution in [1.29, 1.82) is 0 Å². The Morgan fingerprint density at radius 1 is 1.09 bits per heavy atom. The summed E-state index contributed by atoms with van der Waals surface area (Å²) in [5.74, 6) is 0. The summed E-state index contributed by atoms with van der Waals surface area (Å²) in [5.41, 5.74) is 2.43. The predicted octanol–water partition coefficient (Wildman–Crippen LogP) is 4.67. The predicted molar refractivity (Wildman–Crippen MR) is 82.2 cm³/mol. The molecule has 2 nitrogen and oxygen atoms in total. The van der Waals surface area contributed by atoms with Gasteiger partial charge in [-0.3, -0.25) is 0 Å². The molecule has 0 aliphatic carbocycles. The van der Waals surface area contributed by atoms with E-state index in [4.69, 9.17) is 4.84 Å². The average molecular weight is 301 g/mol. The molecule has 1 aliphatic heterocycles. The Morgan fingerprint density at radius 2 is 1.77 bits per heavy atom. The van der Waals surface area contributed by atoms with E-state index < -0.39 is 12.0 Å². The molecule has 0 aromatic heterocycles. The van der Waals surface area contributed by atoms with Gasteiger partial charge >= 0.3 is 0 Å². The topological polar surface area (TPSA) is 21.6 Å². The monoisotopic (exact) mass is 301 g/mol. The van der Waals surface area contributed by atoms with E-state index in [0.717, 1.165) is 16.7 Å². The van der Waals surface area contributed by atoms with Crippen molar-refractivity contribution < 1.29 is 13.6 Å². The molecule has 1 aliphatic rings. The molecule has 0 spiro atoms. The lowest BCUT2D eigenvalue weighted by molar-refractivity contribution is -0.0650. The van der Waals surface area contributed by atoms with E-state index in [0.29, 0.717) is 12.1 Å². The maximum Gasteiger partial charge on any atom is 0.242 e. The fraction of sp³-hybridized carbons (Fsp3) is 0.278. The van der Waals surface area contributed by atoms with E-state index in [-0.39, 0.29) is 6.42 Å². The SMILES string of the molecule is Cc1ccc(C2=NOC(CC(F)F)(c3ccccc3)C2)cc1. The number of halogens is 2. The quantitative estimate of drug-likeness (QED) is 0.804. The minimum Gasteiger partial charge on any atom is -0.383 e. The first-order valence-electron chi connectivity index (χ1n) is 7.25. The molecule has 1 heterocycles. The summed E-state index contributed by atoms with van der Waals surface area (Å²) in [6.45, 7) is 2.00. The summed E-state index contributed by atoms with van der Waals surface area (Å²) < 4.78 is 26.1. The van der Waals surface area contributed by atoms with E-state index >= 15 is 0 Å². The van der Waals surface area contributed by atoms with Gasteiger partial charge in [0.2, 0.25) is 6.43 Å². The van der Waals surface area contributed by atoms with Crippen LogP contribution in [0.2, 0.25) is 0 Å². The van der Waals surface area contributed by atoms with Crippen molar-refractivity contribution in [1.82, 2.24) is 0 Å². The summed E-state index contributed by atoms with van der Waals surface area (Å²) in [5, 5.41) is 4.10. The van der Waals surface area contributed by atoms with Crippen molar-refractivity contribution in [2.45, 2.75) is 31.8 Å².